The van der Waals surface area contributed by atoms with E-state index < -0.39 is 0 Å². The molecule has 0 unspecified atom stereocenters. The molecular weight excluding hydrogens is 174 g/mol. The van der Waals surface area contributed by atoms with Crippen molar-refractivity contribution in [2.75, 3.05) is 0 Å². The monoisotopic (exact) mass is 183 g/mol. The maximum atomic E-state index is 8.80. The average Bonchev–Trinajstić information content (AvgIpc) is 2.98. The van der Waals surface area contributed by atoms with Gasteiger partial charge in [-0.2, -0.15) is 5.26 Å². The standard InChI is InChI=1S/C11H9N3/c12-6-10-7-13-11-5-9(8-1-2-8)3-4-14(10)11/h3-5,7-8H,1-2H2. The molecule has 0 amide bonds. The van der Waals surface area contributed by atoms with Crippen LogP contribution in [0.3, 0.4) is 0 Å². The van der Waals surface area contributed by atoms with Crippen molar-refractivity contribution in [3.8, 4) is 6.07 Å². The number of hydrogen-bond acceptors (Lipinski definition) is 2. The quantitative estimate of drug-likeness (QED) is 0.679. The largest absolute Gasteiger partial charge is 0.291 e. The zero-order valence-corrected chi connectivity index (χ0v) is 7.64. The topological polar surface area (TPSA) is 41.1 Å². The van der Waals surface area contributed by atoms with E-state index >= 15 is 0 Å². The summed E-state index contributed by atoms with van der Waals surface area (Å²) in [4.78, 5) is 4.20. The molecule has 2 aromatic rings. The zero-order chi connectivity index (χ0) is 9.54. The van der Waals surface area contributed by atoms with Gasteiger partial charge >= 0.3 is 0 Å². The SMILES string of the molecule is N#Cc1cnc2cc(C3CC3)ccn12. The van der Waals surface area contributed by atoms with Crippen molar-refractivity contribution in [3.63, 3.8) is 0 Å². The Balaban J connectivity index is 2.21. The van der Waals surface area contributed by atoms with Crippen LogP contribution in [0.5, 0.6) is 0 Å². The Morgan fingerprint density at radius 2 is 2.36 bits per heavy atom. The highest BCUT2D eigenvalue weighted by molar-refractivity contribution is 5.47. The van der Waals surface area contributed by atoms with Gasteiger partial charge in [-0.3, -0.25) is 4.40 Å². The normalized spacial score (nSPS) is 15.6. The Hall–Kier alpha value is -1.82. The van der Waals surface area contributed by atoms with Crippen LogP contribution in [0.25, 0.3) is 5.65 Å². The third-order valence-corrected chi connectivity index (χ3v) is 2.70. The van der Waals surface area contributed by atoms with Crippen LogP contribution in [-0.4, -0.2) is 9.38 Å². The van der Waals surface area contributed by atoms with Crippen LogP contribution >= 0.6 is 0 Å². The molecule has 68 valence electrons. The predicted molar refractivity (Wildman–Crippen MR) is 51.9 cm³/mol. The van der Waals surface area contributed by atoms with Crippen molar-refractivity contribution < 1.29 is 0 Å². The molecule has 0 spiro atoms. The fourth-order valence-electron chi connectivity index (χ4n) is 1.75. The minimum absolute atomic E-state index is 0.599. The smallest absolute Gasteiger partial charge is 0.144 e. The van der Waals surface area contributed by atoms with Gasteiger partial charge in [0.1, 0.15) is 17.4 Å². The summed E-state index contributed by atoms with van der Waals surface area (Å²) >= 11 is 0. The number of nitrogens with zero attached hydrogens (tertiary/aromatic N) is 3. The molecule has 0 aromatic carbocycles. The summed E-state index contributed by atoms with van der Waals surface area (Å²) in [6.07, 6.45) is 6.14. The highest BCUT2D eigenvalue weighted by Crippen LogP contribution is 2.40. The van der Waals surface area contributed by atoms with Gasteiger partial charge in [-0.05, 0) is 36.5 Å². The molecule has 0 saturated heterocycles. The Morgan fingerprint density at radius 3 is 3.07 bits per heavy atom. The summed E-state index contributed by atoms with van der Waals surface area (Å²) in [5.41, 5.74) is 2.83. The van der Waals surface area contributed by atoms with Gasteiger partial charge in [0.15, 0.2) is 0 Å². The van der Waals surface area contributed by atoms with Crippen molar-refractivity contribution in [2.24, 2.45) is 0 Å². The van der Waals surface area contributed by atoms with Gasteiger partial charge in [-0.25, -0.2) is 4.98 Å². The van der Waals surface area contributed by atoms with E-state index in [1.807, 2.05) is 10.6 Å². The molecule has 1 aliphatic carbocycles. The van der Waals surface area contributed by atoms with Gasteiger partial charge in [-0.15, -0.1) is 0 Å². The summed E-state index contributed by atoms with van der Waals surface area (Å²) in [7, 11) is 0. The van der Waals surface area contributed by atoms with Crippen molar-refractivity contribution >= 4 is 5.65 Å². The second-order valence-corrected chi connectivity index (χ2v) is 3.72. The lowest BCUT2D eigenvalue weighted by molar-refractivity contribution is 1.08. The third-order valence-electron chi connectivity index (χ3n) is 2.70. The summed E-state index contributed by atoms with van der Waals surface area (Å²) < 4.78 is 1.83. The zero-order valence-electron chi connectivity index (χ0n) is 7.64. The number of imidazole rings is 1. The first-order valence-electron chi connectivity index (χ1n) is 4.75. The van der Waals surface area contributed by atoms with Crippen LogP contribution in [0, 0.1) is 11.3 Å². The summed E-state index contributed by atoms with van der Waals surface area (Å²) in [5.74, 6) is 0.738. The van der Waals surface area contributed by atoms with Gasteiger partial charge in [-0.1, -0.05) is 0 Å². The lowest BCUT2D eigenvalue weighted by Crippen LogP contribution is -1.89. The van der Waals surface area contributed by atoms with E-state index in [-0.39, 0.29) is 0 Å². The average molecular weight is 183 g/mol. The van der Waals surface area contributed by atoms with Crippen molar-refractivity contribution in [1.82, 2.24) is 9.38 Å². The van der Waals surface area contributed by atoms with Crippen molar-refractivity contribution in [2.45, 2.75) is 18.8 Å². The molecule has 2 heterocycles. The third kappa shape index (κ3) is 1.01. The van der Waals surface area contributed by atoms with E-state index in [0.29, 0.717) is 5.69 Å². The van der Waals surface area contributed by atoms with Gasteiger partial charge in [0.05, 0.1) is 6.20 Å². The second kappa shape index (κ2) is 2.58. The first-order valence-corrected chi connectivity index (χ1v) is 4.75. The maximum absolute atomic E-state index is 8.80. The summed E-state index contributed by atoms with van der Waals surface area (Å²) in [6, 6.07) is 6.29. The number of nitriles is 1. The fraction of sp³-hybridized carbons (Fsp3) is 0.273. The Bertz CT molecular complexity index is 529. The molecule has 1 aliphatic rings. The van der Waals surface area contributed by atoms with E-state index in [4.69, 9.17) is 5.26 Å². The number of pyridine rings is 1. The fourth-order valence-corrected chi connectivity index (χ4v) is 1.75. The first-order chi connectivity index (χ1) is 6.88. The van der Waals surface area contributed by atoms with Crippen LogP contribution in [0.15, 0.2) is 24.5 Å². The molecule has 0 bridgehead atoms. The van der Waals surface area contributed by atoms with Crippen LogP contribution < -0.4 is 0 Å². The maximum Gasteiger partial charge on any atom is 0.144 e. The van der Waals surface area contributed by atoms with E-state index in [2.05, 4.69) is 23.2 Å². The summed E-state index contributed by atoms with van der Waals surface area (Å²) in [6.45, 7) is 0. The molecular formula is C11H9N3. The highest BCUT2D eigenvalue weighted by atomic mass is 15.0. The minimum atomic E-state index is 0.599. The van der Waals surface area contributed by atoms with Crippen LogP contribution in [0.1, 0.15) is 30.0 Å². The molecule has 0 radical (unpaired) electrons. The molecule has 3 heteroatoms. The van der Waals surface area contributed by atoms with E-state index in [9.17, 15) is 0 Å². The van der Waals surface area contributed by atoms with E-state index in [1.165, 1.54) is 18.4 Å². The Labute approximate surface area is 81.6 Å². The van der Waals surface area contributed by atoms with E-state index in [1.54, 1.807) is 6.20 Å². The van der Waals surface area contributed by atoms with Gasteiger partial charge in [0.25, 0.3) is 0 Å². The minimum Gasteiger partial charge on any atom is -0.291 e. The molecule has 1 saturated carbocycles. The first kappa shape index (κ1) is 7.57. The van der Waals surface area contributed by atoms with Gasteiger partial charge in [0, 0.05) is 6.20 Å². The highest BCUT2D eigenvalue weighted by Gasteiger charge is 2.23. The Morgan fingerprint density at radius 1 is 1.50 bits per heavy atom. The van der Waals surface area contributed by atoms with Crippen molar-refractivity contribution in [1.29, 1.82) is 5.26 Å². The molecule has 1 fully saturated rings. The molecule has 3 nitrogen and oxygen atoms in total. The molecule has 0 N–H and O–H groups in total. The van der Waals surface area contributed by atoms with Gasteiger partial charge < -0.3 is 0 Å². The predicted octanol–water partition coefficient (Wildman–Crippen LogP) is 2.08. The van der Waals surface area contributed by atoms with Crippen LogP contribution in [-0.2, 0) is 0 Å². The Kier molecular flexibility index (Phi) is 1.40. The number of rotatable bonds is 1. The molecule has 0 atom stereocenters. The summed E-state index contributed by atoms with van der Waals surface area (Å²) in [5, 5.41) is 8.80. The number of hydrogen-bond donors (Lipinski definition) is 0. The van der Waals surface area contributed by atoms with Crippen LogP contribution in [0.4, 0.5) is 0 Å². The van der Waals surface area contributed by atoms with Crippen molar-refractivity contribution in [3.05, 3.63) is 35.8 Å². The molecule has 14 heavy (non-hydrogen) atoms. The molecule has 0 aliphatic heterocycles. The second-order valence-electron chi connectivity index (χ2n) is 3.72. The van der Waals surface area contributed by atoms with Gasteiger partial charge in [0.2, 0.25) is 0 Å². The molecule has 3 rings (SSSR count). The van der Waals surface area contributed by atoms with E-state index in [0.717, 1.165) is 11.6 Å². The lowest BCUT2D eigenvalue weighted by atomic mass is 10.2. The molecule has 2 aromatic heterocycles. The number of aromatic nitrogens is 2. The lowest BCUT2D eigenvalue weighted by Gasteiger charge is -1.99. The number of fused-ring (bicyclic) bond motifs is 1. The van der Waals surface area contributed by atoms with Crippen LogP contribution in [0.2, 0.25) is 0 Å².